The Bertz CT molecular complexity index is 545. The van der Waals surface area contributed by atoms with Gasteiger partial charge in [-0.3, -0.25) is 0 Å². The number of thioether (sulfide) groups is 1. The molecule has 1 atom stereocenters. The van der Waals surface area contributed by atoms with Crippen LogP contribution in [0.15, 0.2) is 18.2 Å². The van der Waals surface area contributed by atoms with Crippen LogP contribution in [0.1, 0.15) is 0 Å². The molecule has 1 aliphatic rings. The normalized spacial score (nSPS) is 20.9. The van der Waals surface area contributed by atoms with Crippen LogP contribution in [0.25, 0.3) is 0 Å². The van der Waals surface area contributed by atoms with Crippen molar-refractivity contribution in [2.75, 3.05) is 40.7 Å². The van der Waals surface area contributed by atoms with Crippen LogP contribution >= 0.6 is 11.8 Å². The molecule has 100 valence electrons. The van der Waals surface area contributed by atoms with E-state index >= 15 is 0 Å². The number of benzene rings is 1. The molecule has 0 radical (unpaired) electrons. The Morgan fingerprint density at radius 3 is 2.67 bits per heavy atom. The van der Waals surface area contributed by atoms with E-state index < -0.39 is 15.2 Å². The van der Waals surface area contributed by atoms with Crippen molar-refractivity contribution in [2.24, 2.45) is 0 Å². The number of nitrogens with zero attached hydrogens (tertiary/aromatic N) is 1. The first-order valence-electron chi connectivity index (χ1n) is 5.58. The van der Waals surface area contributed by atoms with Gasteiger partial charge in [0.2, 0.25) is 0 Å². The predicted octanol–water partition coefficient (Wildman–Crippen LogP) is 0.775. The highest BCUT2D eigenvalue weighted by Gasteiger charge is 2.31. The molecule has 0 aliphatic carbocycles. The van der Waals surface area contributed by atoms with Crippen molar-refractivity contribution < 1.29 is 8.42 Å². The minimum Gasteiger partial charge on any atom is -0.397 e. The van der Waals surface area contributed by atoms with Gasteiger partial charge in [-0.2, -0.15) is 11.8 Å². The number of hydrogen-bond donors (Lipinski definition) is 2. The van der Waals surface area contributed by atoms with Crippen LogP contribution in [0.4, 0.5) is 17.1 Å². The van der Waals surface area contributed by atoms with Gasteiger partial charge in [-0.15, -0.1) is 0 Å². The van der Waals surface area contributed by atoms with E-state index in [0.717, 1.165) is 11.4 Å². The third-order valence-corrected chi connectivity index (χ3v) is 5.62. The second-order valence-electron chi connectivity index (χ2n) is 4.37. The lowest BCUT2D eigenvalue weighted by atomic mass is 10.2. The lowest BCUT2D eigenvalue weighted by Gasteiger charge is -2.36. The lowest BCUT2D eigenvalue weighted by molar-refractivity contribution is 0.584. The molecule has 0 saturated carbocycles. The van der Waals surface area contributed by atoms with Gasteiger partial charge in [0.1, 0.15) is 5.37 Å². The number of rotatable bonds is 2. The van der Waals surface area contributed by atoms with Gasteiger partial charge in [0, 0.05) is 30.0 Å². The quantitative estimate of drug-likeness (QED) is 0.781. The summed E-state index contributed by atoms with van der Waals surface area (Å²) in [5.74, 6) is 1.50. The molecule has 5 nitrogen and oxygen atoms in total. The highest BCUT2D eigenvalue weighted by atomic mass is 32.2. The first kappa shape index (κ1) is 13.4. The predicted molar refractivity (Wildman–Crippen MR) is 78.6 cm³/mol. The van der Waals surface area contributed by atoms with E-state index in [9.17, 15) is 8.42 Å². The van der Waals surface area contributed by atoms with E-state index in [4.69, 9.17) is 11.5 Å². The molecule has 1 fully saturated rings. The van der Waals surface area contributed by atoms with E-state index in [2.05, 4.69) is 0 Å². The van der Waals surface area contributed by atoms with E-state index in [1.54, 1.807) is 23.9 Å². The molecule has 1 aromatic carbocycles. The summed E-state index contributed by atoms with van der Waals surface area (Å²) in [6, 6.07) is 5.27. The largest absolute Gasteiger partial charge is 0.397 e. The molecule has 0 amide bonds. The Labute approximate surface area is 111 Å². The molecule has 7 heteroatoms. The zero-order valence-corrected chi connectivity index (χ0v) is 11.8. The average molecular weight is 287 g/mol. The summed E-state index contributed by atoms with van der Waals surface area (Å²) >= 11 is 1.66. The van der Waals surface area contributed by atoms with E-state index in [0.29, 0.717) is 23.7 Å². The molecular weight excluding hydrogens is 270 g/mol. The van der Waals surface area contributed by atoms with Crippen LogP contribution < -0.4 is 16.4 Å². The molecule has 4 N–H and O–H groups in total. The summed E-state index contributed by atoms with van der Waals surface area (Å²) in [7, 11) is -3.11. The van der Waals surface area contributed by atoms with Crippen molar-refractivity contribution in [3.8, 4) is 0 Å². The van der Waals surface area contributed by atoms with Gasteiger partial charge in [0.15, 0.2) is 9.84 Å². The molecule has 18 heavy (non-hydrogen) atoms. The number of anilines is 3. The van der Waals surface area contributed by atoms with Crippen molar-refractivity contribution in [3.63, 3.8) is 0 Å². The molecule has 1 aromatic rings. The maximum Gasteiger partial charge on any atom is 0.169 e. The van der Waals surface area contributed by atoms with Gasteiger partial charge in [-0.25, -0.2) is 8.42 Å². The van der Waals surface area contributed by atoms with Crippen LogP contribution in [0.3, 0.4) is 0 Å². The molecule has 1 heterocycles. The lowest BCUT2D eigenvalue weighted by Crippen LogP contribution is -2.47. The van der Waals surface area contributed by atoms with Gasteiger partial charge in [0.05, 0.1) is 11.4 Å². The molecule has 0 bridgehead atoms. The minimum absolute atomic E-state index is 0.484. The summed E-state index contributed by atoms with van der Waals surface area (Å²) in [4.78, 5) is 1.89. The van der Waals surface area contributed by atoms with Gasteiger partial charge in [0.25, 0.3) is 0 Å². The number of nitrogen functional groups attached to an aromatic ring is 2. The Kier molecular flexibility index (Phi) is 3.63. The highest BCUT2D eigenvalue weighted by Crippen LogP contribution is 2.29. The fraction of sp³-hybridized carbons (Fsp3) is 0.455. The van der Waals surface area contributed by atoms with Gasteiger partial charge in [-0.1, -0.05) is 0 Å². The van der Waals surface area contributed by atoms with Crippen LogP contribution in [0, 0.1) is 0 Å². The Morgan fingerprint density at radius 1 is 1.33 bits per heavy atom. The van der Waals surface area contributed by atoms with Crippen LogP contribution in [-0.4, -0.2) is 38.1 Å². The zero-order valence-electron chi connectivity index (χ0n) is 10.2. The summed E-state index contributed by atoms with van der Waals surface area (Å²) < 4.78 is 23.6. The third kappa shape index (κ3) is 2.67. The number of sulfone groups is 1. The molecular formula is C11H17N3O2S2. The van der Waals surface area contributed by atoms with Crippen molar-refractivity contribution in [1.82, 2.24) is 0 Å². The number of hydrogen-bond acceptors (Lipinski definition) is 6. The Balaban J connectivity index is 2.37. The molecule has 1 saturated heterocycles. The average Bonchev–Trinajstić information content (AvgIpc) is 2.32. The summed E-state index contributed by atoms with van der Waals surface area (Å²) in [6.45, 7) is 0.700. The van der Waals surface area contributed by atoms with Crippen LogP contribution in [0.5, 0.6) is 0 Å². The van der Waals surface area contributed by atoms with E-state index in [1.165, 1.54) is 6.26 Å². The molecule has 2 rings (SSSR count). The van der Waals surface area contributed by atoms with Crippen LogP contribution in [0.2, 0.25) is 0 Å². The Morgan fingerprint density at radius 2 is 2.06 bits per heavy atom. The number of nitrogens with two attached hydrogens (primary N) is 2. The maximum absolute atomic E-state index is 11.8. The molecule has 0 spiro atoms. The van der Waals surface area contributed by atoms with Gasteiger partial charge < -0.3 is 16.4 Å². The molecule has 1 unspecified atom stereocenters. The third-order valence-electron chi connectivity index (χ3n) is 2.98. The molecule has 1 aliphatic heterocycles. The SMILES string of the molecule is CS(=O)(=O)C1CSCCN1c1ccc(N)c(N)c1. The standard InChI is InChI=1S/C11H17N3O2S2/c1-18(15,16)11-7-17-5-4-14(11)8-2-3-9(12)10(13)6-8/h2-3,6,11H,4-5,7,12-13H2,1H3. The fourth-order valence-electron chi connectivity index (χ4n) is 1.97. The van der Waals surface area contributed by atoms with Gasteiger partial charge >= 0.3 is 0 Å². The van der Waals surface area contributed by atoms with Crippen molar-refractivity contribution in [2.45, 2.75) is 5.37 Å². The van der Waals surface area contributed by atoms with Crippen molar-refractivity contribution >= 4 is 38.7 Å². The Hall–Kier alpha value is -1.08. The topological polar surface area (TPSA) is 89.4 Å². The molecule has 0 aromatic heterocycles. The first-order valence-corrected chi connectivity index (χ1v) is 8.69. The second kappa shape index (κ2) is 4.89. The van der Waals surface area contributed by atoms with E-state index in [-0.39, 0.29) is 0 Å². The smallest absolute Gasteiger partial charge is 0.169 e. The second-order valence-corrected chi connectivity index (χ2v) is 7.72. The zero-order chi connectivity index (χ0) is 13.3. The fourth-order valence-corrected chi connectivity index (χ4v) is 4.81. The van der Waals surface area contributed by atoms with Crippen molar-refractivity contribution in [3.05, 3.63) is 18.2 Å². The minimum atomic E-state index is -3.11. The van der Waals surface area contributed by atoms with Gasteiger partial charge in [-0.05, 0) is 18.2 Å². The summed E-state index contributed by atoms with van der Waals surface area (Å²) in [5, 5.41) is -0.487. The maximum atomic E-state index is 11.8. The van der Waals surface area contributed by atoms with E-state index in [1.807, 2.05) is 11.0 Å². The summed E-state index contributed by atoms with van der Waals surface area (Å²) in [6.07, 6.45) is 1.28. The summed E-state index contributed by atoms with van der Waals surface area (Å²) in [5.41, 5.74) is 13.3. The monoisotopic (exact) mass is 287 g/mol. The highest BCUT2D eigenvalue weighted by molar-refractivity contribution is 8.01. The van der Waals surface area contributed by atoms with Crippen LogP contribution in [-0.2, 0) is 9.84 Å². The first-order chi connectivity index (χ1) is 8.39. The van der Waals surface area contributed by atoms with Crippen molar-refractivity contribution in [1.29, 1.82) is 0 Å².